The highest BCUT2D eigenvalue weighted by Crippen LogP contribution is 2.35. The van der Waals surface area contributed by atoms with Gasteiger partial charge in [-0.2, -0.15) is 13.2 Å². The van der Waals surface area contributed by atoms with Crippen molar-refractivity contribution in [2.75, 3.05) is 33.6 Å². The number of amides is 2. The van der Waals surface area contributed by atoms with Gasteiger partial charge in [0.05, 0.1) is 47.9 Å². The van der Waals surface area contributed by atoms with E-state index in [1.54, 1.807) is 51.4 Å². The predicted octanol–water partition coefficient (Wildman–Crippen LogP) is 7.32. The Hall–Kier alpha value is -5.72. The molecule has 1 N–H and O–H groups in total. The monoisotopic (exact) mass is 705 g/mol. The molecule has 13 heteroatoms. The highest BCUT2D eigenvalue weighted by atomic mass is 19.4. The second-order valence-corrected chi connectivity index (χ2v) is 11.8. The summed E-state index contributed by atoms with van der Waals surface area (Å²) < 4.78 is 55.3. The van der Waals surface area contributed by atoms with Crippen LogP contribution < -0.4 is 14.8 Å². The molecule has 0 bridgehead atoms. The second kappa shape index (κ2) is 16.3. The average Bonchev–Trinajstić information content (AvgIpc) is 3.10. The zero-order chi connectivity index (χ0) is 37.5. The van der Waals surface area contributed by atoms with E-state index >= 15 is 0 Å². The Balaban J connectivity index is 1.51. The van der Waals surface area contributed by atoms with E-state index in [9.17, 15) is 32.3 Å². The molecule has 268 valence electrons. The fraction of sp³-hybridized carbons (Fsp3) is 0.289. The number of pyridine rings is 1. The summed E-state index contributed by atoms with van der Waals surface area (Å²) >= 11 is 0. The van der Waals surface area contributed by atoms with Gasteiger partial charge in [0.25, 0.3) is 11.8 Å². The third kappa shape index (κ3) is 9.30. The number of aryl methyl sites for hydroxylation is 3. The van der Waals surface area contributed by atoms with Crippen molar-refractivity contribution in [1.29, 1.82) is 0 Å². The molecular formula is C38H38F3N3O7. The summed E-state index contributed by atoms with van der Waals surface area (Å²) in [4.78, 5) is 57.5. The van der Waals surface area contributed by atoms with E-state index in [0.29, 0.717) is 36.1 Å². The predicted molar refractivity (Wildman–Crippen MR) is 184 cm³/mol. The van der Waals surface area contributed by atoms with Gasteiger partial charge in [-0.05, 0) is 85.8 Å². The number of methoxy groups -OCH3 is 2. The van der Waals surface area contributed by atoms with E-state index in [2.05, 4.69) is 10.3 Å². The molecule has 4 rings (SSSR count). The zero-order valence-electron chi connectivity index (χ0n) is 29.1. The summed E-state index contributed by atoms with van der Waals surface area (Å²) in [6, 6.07) is 15.5. The number of alkyl halides is 3. The van der Waals surface area contributed by atoms with Gasteiger partial charge >= 0.3 is 18.1 Å². The molecule has 1 aromatic heterocycles. The molecule has 0 aliphatic rings. The van der Waals surface area contributed by atoms with Gasteiger partial charge in [-0.3, -0.25) is 19.4 Å². The first-order chi connectivity index (χ1) is 24.2. The number of benzene rings is 3. The van der Waals surface area contributed by atoms with Crippen LogP contribution in [0, 0.1) is 6.92 Å². The molecule has 51 heavy (non-hydrogen) atoms. The Morgan fingerprint density at radius 1 is 0.902 bits per heavy atom. The van der Waals surface area contributed by atoms with E-state index < -0.39 is 29.6 Å². The van der Waals surface area contributed by atoms with E-state index in [0.717, 1.165) is 17.7 Å². The Morgan fingerprint density at radius 3 is 2.22 bits per heavy atom. The molecule has 0 unspecified atom stereocenters. The average molecular weight is 706 g/mol. The van der Waals surface area contributed by atoms with Gasteiger partial charge < -0.3 is 24.4 Å². The Morgan fingerprint density at radius 2 is 1.61 bits per heavy atom. The largest absolute Gasteiger partial charge is 0.493 e. The summed E-state index contributed by atoms with van der Waals surface area (Å²) in [6.45, 7) is 3.55. The standard InChI is InChI=1S/C38H38F3N3O7/c1-7-24-20-26(37(48)50-6)21-31(49-5)34(24)51-32(45)10-8-9-23-12-18-30(29(19-23)36(47)44(3)4)43-35(46)28-17-11-22(2)42-33(28)25-13-15-27(16-14-25)38(39,40)41/h11-21H,7-10H2,1-6H3,(H,43,46). The van der Waals surface area contributed by atoms with Crippen LogP contribution in [0.2, 0.25) is 0 Å². The smallest absolute Gasteiger partial charge is 0.416 e. The third-order valence-electron chi connectivity index (χ3n) is 7.95. The van der Waals surface area contributed by atoms with Gasteiger partial charge in [-0.1, -0.05) is 25.1 Å². The van der Waals surface area contributed by atoms with Crippen molar-refractivity contribution in [3.8, 4) is 22.8 Å². The number of esters is 2. The van der Waals surface area contributed by atoms with Crippen LogP contribution in [0.25, 0.3) is 11.3 Å². The van der Waals surface area contributed by atoms with E-state index in [-0.39, 0.29) is 51.9 Å². The Labute approximate surface area is 293 Å². The number of anilines is 1. The number of carbonyl (C=O) groups excluding carboxylic acids is 4. The molecule has 0 aliphatic heterocycles. The minimum absolute atomic E-state index is 0.0354. The van der Waals surface area contributed by atoms with Gasteiger partial charge in [0.15, 0.2) is 11.5 Å². The van der Waals surface area contributed by atoms with Crippen molar-refractivity contribution >= 4 is 29.4 Å². The molecule has 0 aliphatic carbocycles. The number of hydrogen-bond acceptors (Lipinski definition) is 8. The Bertz CT molecular complexity index is 1920. The number of aromatic nitrogens is 1. The van der Waals surface area contributed by atoms with Crippen LogP contribution in [-0.2, 0) is 28.5 Å². The fourth-order valence-corrected chi connectivity index (χ4v) is 5.27. The number of ether oxygens (including phenoxy) is 3. The van der Waals surface area contributed by atoms with Crippen molar-refractivity contribution in [1.82, 2.24) is 9.88 Å². The van der Waals surface area contributed by atoms with Crippen molar-refractivity contribution in [3.63, 3.8) is 0 Å². The third-order valence-corrected chi connectivity index (χ3v) is 7.95. The van der Waals surface area contributed by atoms with Crippen molar-refractivity contribution in [3.05, 3.63) is 106 Å². The summed E-state index contributed by atoms with van der Waals surface area (Å²) in [5, 5.41) is 2.77. The maximum absolute atomic E-state index is 13.6. The lowest BCUT2D eigenvalue weighted by molar-refractivity contribution is -0.137. The van der Waals surface area contributed by atoms with E-state index in [1.165, 1.54) is 43.4 Å². The number of hydrogen-bond donors (Lipinski definition) is 1. The normalized spacial score (nSPS) is 11.1. The Kier molecular flexibility index (Phi) is 12.2. The number of halogens is 3. The first-order valence-electron chi connectivity index (χ1n) is 16.0. The van der Waals surface area contributed by atoms with E-state index in [4.69, 9.17) is 14.2 Å². The SMILES string of the molecule is CCc1cc(C(=O)OC)cc(OC)c1OC(=O)CCCc1ccc(NC(=O)c2ccc(C)nc2-c2ccc(C(F)(F)F)cc2)c(C(=O)N(C)C)c1. The molecule has 0 atom stereocenters. The first kappa shape index (κ1) is 38.1. The fourth-order valence-electron chi connectivity index (χ4n) is 5.27. The van der Waals surface area contributed by atoms with Gasteiger partial charge in [-0.25, -0.2) is 4.79 Å². The molecular weight excluding hydrogens is 667 g/mol. The van der Waals surface area contributed by atoms with Crippen molar-refractivity contribution in [2.24, 2.45) is 0 Å². The summed E-state index contributed by atoms with van der Waals surface area (Å²) in [5.74, 6) is -1.61. The molecule has 4 aromatic rings. The van der Waals surface area contributed by atoms with Crippen molar-refractivity contribution < 1.29 is 46.6 Å². The van der Waals surface area contributed by atoms with Gasteiger partial charge in [0, 0.05) is 31.8 Å². The van der Waals surface area contributed by atoms with Crippen LogP contribution in [0.1, 0.15) is 73.2 Å². The summed E-state index contributed by atoms with van der Waals surface area (Å²) in [6.07, 6.45) is -3.25. The van der Waals surface area contributed by atoms with Crippen LogP contribution in [0.15, 0.2) is 66.7 Å². The number of nitrogens with zero attached hydrogens (tertiary/aromatic N) is 2. The van der Waals surface area contributed by atoms with Crippen LogP contribution in [-0.4, -0.2) is 62.0 Å². The van der Waals surface area contributed by atoms with Crippen LogP contribution in [0.5, 0.6) is 11.5 Å². The molecule has 0 radical (unpaired) electrons. The highest BCUT2D eigenvalue weighted by Gasteiger charge is 2.30. The minimum Gasteiger partial charge on any atom is -0.493 e. The number of rotatable bonds is 12. The lowest BCUT2D eigenvalue weighted by Crippen LogP contribution is -2.24. The maximum atomic E-state index is 13.6. The minimum atomic E-state index is -4.52. The van der Waals surface area contributed by atoms with Gasteiger partial charge in [0.1, 0.15) is 0 Å². The quantitative estimate of drug-likeness (QED) is 0.120. The van der Waals surface area contributed by atoms with Crippen molar-refractivity contribution in [2.45, 2.75) is 45.7 Å². The molecule has 0 spiro atoms. The maximum Gasteiger partial charge on any atom is 0.416 e. The number of nitrogens with one attached hydrogen (secondary N) is 1. The molecule has 10 nitrogen and oxygen atoms in total. The van der Waals surface area contributed by atoms with Crippen LogP contribution in [0.3, 0.4) is 0 Å². The van der Waals surface area contributed by atoms with E-state index in [1.807, 2.05) is 6.92 Å². The molecule has 2 amide bonds. The molecule has 3 aromatic carbocycles. The zero-order valence-corrected chi connectivity index (χ0v) is 29.1. The lowest BCUT2D eigenvalue weighted by atomic mass is 10.0. The van der Waals surface area contributed by atoms with Gasteiger partial charge in [-0.15, -0.1) is 0 Å². The van der Waals surface area contributed by atoms with Crippen LogP contribution >= 0.6 is 0 Å². The second-order valence-electron chi connectivity index (χ2n) is 11.8. The highest BCUT2D eigenvalue weighted by molar-refractivity contribution is 6.11. The topological polar surface area (TPSA) is 124 Å². The van der Waals surface area contributed by atoms with Crippen LogP contribution in [0.4, 0.5) is 18.9 Å². The summed E-state index contributed by atoms with van der Waals surface area (Å²) in [7, 11) is 5.81. The number of carbonyl (C=O) groups is 4. The summed E-state index contributed by atoms with van der Waals surface area (Å²) in [5.41, 5.74) is 2.35. The lowest BCUT2D eigenvalue weighted by Gasteiger charge is -2.17. The van der Waals surface area contributed by atoms with Gasteiger partial charge in [0.2, 0.25) is 0 Å². The molecule has 0 fully saturated rings. The molecule has 1 heterocycles. The molecule has 0 saturated carbocycles. The first-order valence-corrected chi connectivity index (χ1v) is 16.0. The molecule has 0 saturated heterocycles.